The van der Waals surface area contributed by atoms with Gasteiger partial charge in [-0.05, 0) is 38.5 Å². The number of nitrogens with zero attached hydrogens (tertiary/aromatic N) is 1. The number of carbonyl (C=O) groups is 3. The van der Waals surface area contributed by atoms with Crippen LogP contribution in [0.1, 0.15) is 251 Å². The highest BCUT2D eigenvalue weighted by molar-refractivity contribution is 5.70. The van der Waals surface area contributed by atoms with Gasteiger partial charge >= 0.3 is 11.9 Å². The number of hydrogen-bond donors (Lipinski definition) is 0. The van der Waals surface area contributed by atoms with Gasteiger partial charge in [0.05, 0.1) is 40.3 Å². The standard InChI is InChI=1S/C52H99NO7/c1-6-8-10-12-14-16-18-20-21-22-23-24-25-26-27-28-29-31-32-34-36-38-40-42-50(54)59-47-48(46-58-45-44-49(52(56)57)53(3,4)5)60-51(55)43-41-39-37-35-33-30-19-17-15-13-11-9-7-2/h30,33,48-49H,6-29,31-32,34-47H2,1-5H3/b33-30+. The molecule has 0 aliphatic rings. The molecule has 354 valence electrons. The molecule has 0 saturated carbocycles. The molecule has 2 unspecified atom stereocenters. The second-order valence-corrected chi connectivity index (χ2v) is 18.8. The Kier molecular flexibility index (Phi) is 42.3. The molecular weight excluding hydrogens is 751 g/mol. The molecule has 0 aliphatic heterocycles. The molecule has 0 radical (unpaired) electrons. The second-order valence-electron chi connectivity index (χ2n) is 18.8. The molecule has 0 aliphatic carbocycles. The van der Waals surface area contributed by atoms with Crippen LogP contribution in [0.2, 0.25) is 0 Å². The summed E-state index contributed by atoms with van der Waals surface area (Å²) in [5, 5.41) is 11.6. The van der Waals surface area contributed by atoms with Crippen molar-refractivity contribution in [2.45, 2.75) is 264 Å². The van der Waals surface area contributed by atoms with Crippen LogP contribution < -0.4 is 5.11 Å². The number of unbranched alkanes of at least 4 members (excludes halogenated alkanes) is 31. The maximum Gasteiger partial charge on any atom is 0.306 e. The van der Waals surface area contributed by atoms with Crippen molar-refractivity contribution in [2.75, 3.05) is 41.0 Å². The quantitative estimate of drug-likeness (QED) is 0.0260. The van der Waals surface area contributed by atoms with Crippen molar-refractivity contribution in [1.29, 1.82) is 0 Å². The summed E-state index contributed by atoms with van der Waals surface area (Å²) < 4.78 is 17.2. The van der Waals surface area contributed by atoms with E-state index in [-0.39, 0.29) is 42.7 Å². The number of esters is 2. The Balaban J connectivity index is 4.14. The van der Waals surface area contributed by atoms with Gasteiger partial charge in [0.15, 0.2) is 6.10 Å². The minimum absolute atomic E-state index is 0.0404. The first-order chi connectivity index (χ1) is 29.1. The maximum absolute atomic E-state index is 12.7. The van der Waals surface area contributed by atoms with Gasteiger partial charge in [-0.2, -0.15) is 0 Å². The molecule has 0 saturated heterocycles. The Bertz CT molecular complexity index is 993. The number of quaternary nitrogens is 1. The van der Waals surface area contributed by atoms with Crippen LogP contribution in [-0.2, 0) is 28.6 Å². The van der Waals surface area contributed by atoms with Crippen LogP contribution in [0.25, 0.3) is 0 Å². The molecule has 2 atom stereocenters. The Morgan fingerprint density at radius 2 is 0.833 bits per heavy atom. The highest BCUT2D eigenvalue weighted by atomic mass is 16.6. The summed E-state index contributed by atoms with van der Waals surface area (Å²) >= 11 is 0. The molecule has 0 spiro atoms. The highest BCUT2D eigenvalue weighted by Crippen LogP contribution is 2.17. The summed E-state index contributed by atoms with van der Waals surface area (Å²) in [6.07, 6.45) is 48.2. The SMILES string of the molecule is CCCCCCCC/C=C/CCCCCC(=O)OC(COCCC(C(=O)[O-])[N+](C)(C)C)COC(=O)CCCCCCCCCCCCCCCCCCCCCCCCC. The maximum atomic E-state index is 12.7. The number of carbonyl (C=O) groups excluding carboxylic acids is 3. The van der Waals surface area contributed by atoms with Crippen LogP contribution in [0.5, 0.6) is 0 Å². The first-order valence-corrected chi connectivity index (χ1v) is 25.7. The zero-order valence-electron chi connectivity index (χ0n) is 40.4. The number of ether oxygens (including phenoxy) is 3. The van der Waals surface area contributed by atoms with E-state index in [4.69, 9.17) is 14.2 Å². The molecule has 0 aromatic rings. The van der Waals surface area contributed by atoms with E-state index in [2.05, 4.69) is 26.0 Å². The van der Waals surface area contributed by atoms with Gasteiger partial charge in [-0.1, -0.05) is 206 Å². The number of likely N-dealkylation sites (N-methyl/N-ethyl adjacent to an activating group) is 1. The summed E-state index contributed by atoms with van der Waals surface area (Å²) in [5.41, 5.74) is 0. The number of hydrogen-bond acceptors (Lipinski definition) is 7. The average molecular weight is 850 g/mol. The molecule has 0 bridgehead atoms. The first kappa shape index (κ1) is 58.1. The molecule has 0 heterocycles. The van der Waals surface area contributed by atoms with Crippen molar-refractivity contribution in [1.82, 2.24) is 0 Å². The van der Waals surface area contributed by atoms with E-state index < -0.39 is 18.1 Å². The summed E-state index contributed by atoms with van der Waals surface area (Å²) in [6, 6.07) is -0.724. The molecule has 0 N–H and O–H groups in total. The number of allylic oxidation sites excluding steroid dienone is 2. The molecule has 0 fully saturated rings. The molecule has 0 aromatic carbocycles. The van der Waals surface area contributed by atoms with Crippen molar-refractivity contribution in [3.63, 3.8) is 0 Å². The summed E-state index contributed by atoms with van der Waals surface area (Å²) in [5.74, 6) is -1.74. The Morgan fingerprint density at radius 1 is 0.483 bits per heavy atom. The first-order valence-electron chi connectivity index (χ1n) is 25.7. The van der Waals surface area contributed by atoms with E-state index in [0.29, 0.717) is 12.8 Å². The minimum atomic E-state index is -1.12. The van der Waals surface area contributed by atoms with E-state index in [1.54, 1.807) is 21.1 Å². The van der Waals surface area contributed by atoms with Crippen molar-refractivity contribution in [2.24, 2.45) is 0 Å². The Morgan fingerprint density at radius 3 is 1.22 bits per heavy atom. The van der Waals surface area contributed by atoms with Crippen LogP contribution in [0.15, 0.2) is 12.2 Å². The summed E-state index contributed by atoms with van der Waals surface area (Å²) in [6.45, 7) is 4.68. The summed E-state index contributed by atoms with van der Waals surface area (Å²) in [4.78, 5) is 36.9. The van der Waals surface area contributed by atoms with E-state index in [1.807, 2.05) is 0 Å². The predicted octanol–water partition coefficient (Wildman–Crippen LogP) is 13.3. The molecule has 8 heteroatoms. The van der Waals surface area contributed by atoms with Gasteiger partial charge in [0, 0.05) is 19.3 Å². The van der Waals surface area contributed by atoms with Crippen LogP contribution in [0.3, 0.4) is 0 Å². The third-order valence-corrected chi connectivity index (χ3v) is 11.9. The van der Waals surface area contributed by atoms with Crippen molar-refractivity contribution in [3.8, 4) is 0 Å². The fourth-order valence-corrected chi connectivity index (χ4v) is 7.89. The largest absolute Gasteiger partial charge is 0.544 e. The molecule has 0 rings (SSSR count). The fourth-order valence-electron chi connectivity index (χ4n) is 7.89. The lowest BCUT2D eigenvalue weighted by molar-refractivity contribution is -0.889. The molecule has 8 nitrogen and oxygen atoms in total. The van der Waals surface area contributed by atoms with E-state index >= 15 is 0 Å². The number of carboxylic acids is 1. The molecular formula is C52H99NO7. The highest BCUT2D eigenvalue weighted by Gasteiger charge is 2.25. The third-order valence-electron chi connectivity index (χ3n) is 11.9. The lowest BCUT2D eigenvalue weighted by Gasteiger charge is -2.34. The Hall–Kier alpha value is -1.93. The topological polar surface area (TPSA) is 102 Å². The van der Waals surface area contributed by atoms with Gasteiger partial charge in [-0.3, -0.25) is 9.59 Å². The molecule has 0 aromatic heterocycles. The second kappa shape index (κ2) is 43.7. The number of carboxylic acid groups (broad SMARTS) is 1. The number of aliphatic carboxylic acids is 1. The normalized spacial score (nSPS) is 12.9. The zero-order valence-corrected chi connectivity index (χ0v) is 40.4. The minimum Gasteiger partial charge on any atom is -0.544 e. The van der Waals surface area contributed by atoms with Crippen LogP contribution in [0, 0.1) is 0 Å². The Labute approximate surface area is 371 Å². The van der Waals surface area contributed by atoms with Crippen molar-refractivity contribution in [3.05, 3.63) is 12.2 Å². The zero-order chi connectivity index (χ0) is 44.2. The van der Waals surface area contributed by atoms with E-state index in [1.165, 1.54) is 167 Å². The van der Waals surface area contributed by atoms with Gasteiger partial charge in [0.1, 0.15) is 12.6 Å². The van der Waals surface area contributed by atoms with Gasteiger partial charge in [0.25, 0.3) is 0 Å². The van der Waals surface area contributed by atoms with Crippen molar-refractivity contribution < 1.29 is 38.2 Å². The van der Waals surface area contributed by atoms with Gasteiger partial charge in [-0.25, -0.2) is 0 Å². The summed E-state index contributed by atoms with van der Waals surface area (Å²) in [7, 11) is 5.42. The van der Waals surface area contributed by atoms with Crippen LogP contribution >= 0.6 is 0 Å². The van der Waals surface area contributed by atoms with Gasteiger partial charge in [-0.15, -0.1) is 0 Å². The predicted molar refractivity (Wildman–Crippen MR) is 250 cm³/mol. The number of rotatable bonds is 47. The lowest BCUT2D eigenvalue weighted by Crippen LogP contribution is -2.55. The molecule has 0 amide bonds. The van der Waals surface area contributed by atoms with Gasteiger partial charge < -0.3 is 28.6 Å². The van der Waals surface area contributed by atoms with Gasteiger partial charge in [0.2, 0.25) is 0 Å². The monoisotopic (exact) mass is 850 g/mol. The van der Waals surface area contributed by atoms with E-state index in [9.17, 15) is 19.5 Å². The fraction of sp³-hybridized carbons (Fsp3) is 0.904. The van der Waals surface area contributed by atoms with Crippen LogP contribution in [0.4, 0.5) is 0 Å². The van der Waals surface area contributed by atoms with E-state index in [0.717, 1.165) is 51.4 Å². The van der Waals surface area contributed by atoms with Crippen molar-refractivity contribution >= 4 is 17.9 Å². The third kappa shape index (κ3) is 41.4. The average Bonchev–Trinajstić information content (AvgIpc) is 3.21. The van der Waals surface area contributed by atoms with Crippen LogP contribution in [-0.4, -0.2) is 75.5 Å². The smallest absolute Gasteiger partial charge is 0.306 e. The lowest BCUT2D eigenvalue weighted by atomic mass is 10.0. The molecule has 60 heavy (non-hydrogen) atoms.